The smallest absolute Gasteiger partial charge is 0.114 e. The Morgan fingerprint density at radius 1 is 1.11 bits per heavy atom. The molecule has 0 aliphatic heterocycles. The molecule has 0 bridgehead atoms. The molecule has 3 N–H and O–H groups in total. The van der Waals surface area contributed by atoms with Crippen LogP contribution in [-0.2, 0) is 0 Å². The molecule has 0 amide bonds. The summed E-state index contributed by atoms with van der Waals surface area (Å²) in [5.74, 6) is 8.37. The van der Waals surface area contributed by atoms with Gasteiger partial charge in [0, 0.05) is 5.92 Å². The molecule has 0 aromatic carbocycles. The molecule has 0 unspecified atom stereocenters. The van der Waals surface area contributed by atoms with Gasteiger partial charge in [0.15, 0.2) is 0 Å². The van der Waals surface area contributed by atoms with Crippen molar-refractivity contribution in [2.45, 2.75) is 83.6 Å². The molecule has 2 aliphatic carbocycles. The lowest BCUT2D eigenvalue weighted by Gasteiger charge is -2.29. The third-order valence-electron chi connectivity index (χ3n) is 4.99. The molecule has 0 aromatic heterocycles. The van der Waals surface area contributed by atoms with Crippen LogP contribution >= 0.6 is 0 Å². The van der Waals surface area contributed by atoms with Gasteiger partial charge >= 0.3 is 0 Å². The third-order valence-corrected chi connectivity index (χ3v) is 4.99. The molecule has 2 rings (SSSR count). The summed E-state index contributed by atoms with van der Waals surface area (Å²) in [5, 5.41) is 0. The van der Waals surface area contributed by atoms with Crippen LogP contribution in [0, 0.1) is 11.8 Å². The number of hydrazine groups is 1. The Labute approximate surface area is 118 Å². The van der Waals surface area contributed by atoms with E-state index in [1.807, 2.05) is 0 Å². The molecule has 2 aliphatic rings. The van der Waals surface area contributed by atoms with Gasteiger partial charge in [0.05, 0.1) is 6.04 Å². The van der Waals surface area contributed by atoms with Crippen LogP contribution < -0.4 is 11.3 Å². The third kappa shape index (κ3) is 4.48. The summed E-state index contributed by atoms with van der Waals surface area (Å²) in [6.45, 7) is 2.29. The van der Waals surface area contributed by atoms with Crippen molar-refractivity contribution in [2.24, 2.45) is 22.7 Å². The topological polar surface area (TPSA) is 50.4 Å². The van der Waals surface area contributed by atoms with E-state index in [1.54, 1.807) is 0 Å². The van der Waals surface area contributed by atoms with E-state index in [2.05, 4.69) is 12.3 Å². The van der Waals surface area contributed by atoms with Gasteiger partial charge in [-0.05, 0) is 44.4 Å². The highest BCUT2D eigenvalue weighted by Gasteiger charge is 2.25. The molecule has 0 saturated heterocycles. The Balaban J connectivity index is 1.80. The van der Waals surface area contributed by atoms with E-state index < -0.39 is 0 Å². The molecule has 3 nitrogen and oxygen atoms in total. The van der Waals surface area contributed by atoms with E-state index in [1.165, 1.54) is 70.6 Å². The van der Waals surface area contributed by atoms with Crippen LogP contribution in [0.15, 0.2) is 4.99 Å². The molecule has 0 atom stereocenters. The largest absolute Gasteiger partial charge is 0.312 e. The van der Waals surface area contributed by atoms with Crippen molar-refractivity contribution in [3.8, 4) is 0 Å². The minimum atomic E-state index is 0.545. The van der Waals surface area contributed by atoms with E-state index >= 15 is 0 Å². The standard InChI is InChI=1S/C16H31N3/c1-2-3-6-13-9-11-14(12-10-13)16(19-17)18-15-7-4-5-8-15/h13-15H,2-12,17H2,1H3,(H,18,19). The number of hydrogen-bond acceptors (Lipinski definition) is 2. The fraction of sp³-hybridized carbons (Fsp3) is 0.938. The van der Waals surface area contributed by atoms with Crippen LogP contribution in [0.3, 0.4) is 0 Å². The Hall–Kier alpha value is -0.570. The number of aliphatic imine (C=N–C) groups is 1. The maximum atomic E-state index is 5.72. The lowest BCUT2D eigenvalue weighted by molar-refractivity contribution is 0.297. The van der Waals surface area contributed by atoms with Crippen LogP contribution in [0.1, 0.15) is 77.6 Å². The Bertz CT molecular complexity index is 274. The number of unbranched alkanes of at least 4 members (excludes halogenated alkanes) is 1. The van der Waals surface area contributed by atoms with Crippen molar-refractivity contribution in [1.82, 2.24) is 5.43 Å². The van der Waals surface area contributed by atoms with Crippen LogP contribution in [0.25, 0.3) is 0 Å². The minimum absolute atomic E-state index is 0.545. The van der Waals surface area contributed by atoms with Crippen molar-refractivity contribution in [3.63, 3.8) is 0 Å². The molecule has 0 aromatic rings. The Morgan fingerprint density at radius 2 is 1.79 bits per heavy atom. The molecule has 2 saturated carbocycles. The first kappa shape index (κ1) is 14.8. The minimum Gasteiger partial charge on any atom is -0.312 e. The van der Waals surface area contributed by atoms with E-state index in [0.717, 1.165) is 11.8 Å². The van der Waals surface area contributed by atoms with Gasteiger partial charge in [-0.3, -0.25) is 4.99 Å². The predicted molar refractivity (Wildman–Crippen MR) is 82.0 cm³/mol. The summed E-state index contributed by atoms with van der Waals surface area (Å²) in [7, 11) is 0. The van der Waals surface area contributed by atoms with Crippen molar-refractivity contribution < 1.29 is 0 Å². The van der Waals surface area contributed by atoms with Crippen molar-refractivity contribution in [3.05, 3.63) is 0 Å². The predicted octanol–water partition coefficient (Wildman–Crippen LogP) is 3.79. The first-order valence-corrected chi connectivity index (χ1v) is 8.37. The lowest BCUT2D eigenvalue weighted by Crippen LogP contribution is -2.38. The molecule has 3 heteroatoms. The SMILES string of the molecule is CCCCC1CCC(C(=NC2CCCC2)NN)CC1. The second-order valence-corrected chi connectivity index (χ2v) is 6.46. The summed E-state index contributed by atoms with van der Waals surface area (Å²) in [5.41, 5.74) is 2.91. The van der Waals surface area contributed by atoms with Crippen LogP contribution in [0.5, 0.6) is 0 Å². The van der Waals surface area contributed by atoms with Crippen LogP contribution in [0.4, 0.5) is 0 Å². The van der Waals surface area contributed by atoms with Crippen molar-refractivity contribution in [2.75, 3.05) is 0 Å². The summed E-state index contributed by atoms with van der Waals surface area (Å²) in [6, 6.07) is 0.545. The quantitative estimate of drug-likeness (QED) is 0.344. The molecule has 0 radical (unpaired) electrons. The molecular formula is C16H31N3. The first-order chi connectivity index (χ1) is 9.33. The van der Waals surface area contributed by atoms with E-state index in [0.29, 0.717) is 12.0 Å². The number of amidine groups is 1. The highest BCUT2D eigenvalue weighted by Crippen LogP contribution is 2.33. The van der Waals surface area contributed by atoms with Gasteiger partial charge in [0.2, 0.25) is 0 Å². The fourth-order valence-corrected chi connectivity index (χ4v) is 3.71. The molecule has 19 heavy (non-hydrogen) atoms. The molecule has 0 heterocycles. The highest BCUT2D eigenvalue weighted by atomic mass is 15.3. The van der Waals surface area contributed by atoms with Gasteiger partial charge in [0.25, 0.3) is 0 Å². The summed E-state index contributed by atoms with van der Waals surface area (Å²) in [6.07, 6.45) is 14.7. The van der Waals surface area contributed by atoms with Gasteiger partial charge < -0.3 is 5.43 Å². The number of hydrogen-bond donors (Lipinski definition) is 2. The second kappa shape index (κ2) is 7.88. The van der Waals surface area contributed by atoms with E-state index in [4.69, 9.17) is 10.8 Å². The van der Waals surface area contributed by atoms with Crippen molar-refractivity contribution >= 4 is 5.84 Å². The molecule has 110 valence electrons. The maximum Gasteiger partial charge on any atom is 0.114 e. The zero-order valence-corrected chi connectivity index (χ0v) is 12.5. The normalized spacial score (nSPS) is 29.7. The lowest BCUT2D eigenvalue weighted by atomic mass is 9.79. The van der Waals surface area contributed by atoms with Gasteiger partial charge in [0.1, 0.15) is 5.84 Å². The zero-order chi connectivity index (χ0) is 13.5. The summed E-state index contributed by atoms with van der Waals surface area (Å²) >= 11 is 0. The average Bonchev–Trinajstić information content (AvgIpc) is 2.96. The first-order valence-electron chi connectivity index (χ1n) is 8.37. The highest BCUT2D eigenvalue weighted by molar-refractivity contribution is 5.84. The van der Waals surface area contributed by atoms with Crippen molar-refractivity contribution in [1.29, 1.82) is 0 Å². The van der Waals surface area contributed by atoms with E-state index in [9.17, 15) is 0 Å². The molecule has 0 spiro atoms. The monoisotopic (exact) mass is 265 g/mol. The maximum absolute atomic E-state index is 5.72. The number of nitrogens with one attached hydrogen (secondary N) is 1. The number of nitrogens with zero attached hydrogens (tertiary/aromatic N) is 1. The summed E-state index contributed by atoms with van der Waals surface area (Å²) in [4.78, 5) is 4.89. The van der Waals surface area contributed by atoms with Crippen LogP contribution in [0.2, 0.25) is 0 Å². The second-order valence-electron chi connectivity index (χ2n) is 6.46. The Kier molecular flexibility index (Phi) is 6.15. The van der Waals surface area contributed by atoms with Gasteiger partial charge in [-0.25, -0.2) is 5.84 Å². The van der Waals surface area contributed by atoms with Gasteiger partial charge in [-0.2, -0.15) is 0 Å². The van der Waals surface area contributed by atoms with Gasteiger partial charge in [-0.1, -0.05) is 39.0 Å². The Morgan fingerprint density at radius 3 is 2.37 bits per heavy atom. The van der Waals surface area contributed by atoms with Gasteiger partial charge in [-0.15, -0.1) is 0 Å². The summed E-state index contributed by atoms with van der Waals surface area (Å²) < 4.78 is 0. The fourth-order valence-electron chi connectivity index (χ4n) is 3.71. The number of rotatable bonds is 5. The molecule has 2 fully saturated rings. The number of nitrogens with two attached hydrogens (primary N) is 1. The molecular weight excluding hydrogens is 234 g/mol. The zero-order valence-electron chi connectivity index (χ0n) is 12.5. The average molecular weight is 265 g/mol. The van der Waals surface area contributed by atoms with Crippen LogP contribution in [-0.4, -0.2) is 11.9 Å². The van der Waals surface area contributed by atoms with E-state index in [-0.39, 0.29) is 0 Å².